The number of pyridine rings is 1. The van der Waals surface area contributed by atoms with Crippen molar-refractivity contribution in [3.63, 3.8) is 0 Å². The number of para-hydroxylation sites is 6. The Labute approximate surface area is 513 Å². The lowest BCUT2D eigenvalue weighted by atomic mass is 9.95. The van der Waals surface area contributed by atoms with Crippen LogP contribution < -0.4 is 19.3 Å². The highest BCUT2D eigenvalue weighted by Gasteiger charge is 2.32. The molecule has 0 bridgehead atoms. The number of nitrogens with zero attached hydrogens (tertiary/aromatic N) is 5. The van der Waals surface area contributed by atoms with E-state index in [0.29, 0.717) is 56.8 Å². The molecule has 1 aliphatic heterocycles. The average Bonchev–Trinajstić information content (AvgIpc) is 1.45. The Morgan fingerprint density at radius 3 is 1.56 bits per heavy atom. The van der Waals surface area contributed by atoms with Crippen LogP contribution in [0, 0.1) is 0 Å². The van der Waals surface area contributed by atoms with Crippen molar-refractivity contribution in [3.8, 4) is 79.0 Å². The molecule has 0 atom stereocenters. The van der Waals surface area contributed by atoms with Gasteiger partial charge in [0.15, 0.2) is 0 Å². The predicted molar refractivity (Wildman–Crippen MR) is 350 cm³/mol. The van der Waals surface area contributed by atoms with Crippen molar-refractivity contribution in [3.05, 3.63) is 309 Å². The van der Waals surface area contributed by atoms with E-state index in [1.165, 1.54) is 0 Å². The van der Waals surface area contributed by atoms with Crippen molar-refractivity contribution in [2.24, 2.45) is 0 Å². The van der Waals surface area contributed by atoms with E-state index >= 15 is 0 Å². The summed E-state index contributed by atoms with van der Waals surface area (Å²) in [4.78, 5) is 8.89. The fourth-order valence-electron chi connectivity index (χ4n) is 11.9. The molecule has 3 aromatic heterocycles. The van der Waals surface area contributed by atoms with Gasteiger partial charge in [-0.15, -0.1) is 0 Å². The van der Waals surface area contributed by atoms with Gasteiger partial charge in [-0.25, -0.2) is 4.98 Å². The Balaban J connectivity index is 0.825. The van der Waals surface area contributed by atoms with Gasteiger partial charge in [-0.1, -0.05) is 212 Å². The van der Waals surface area contributed by atoms with Crippen LogP contribution in [0.2, 0.25) is 0 Å². The van der Waals surface area contributed by atoms with Gasteiger partial charge in [-0.2, -0.15) is 0 Å². The number of aromatic nitrogens is 3. The smallest absolute Gasteiger partial charge is 0.143 e. The summed E-state index contributed by atoms with van der Waals surface area (Å²) in [6.45, 7) is 0.0373. The number of ether oxygens (including phenoxy) is 2. The minimum absolute atomic E-state index is 0.0139. The predicted octanol–water partition coefficient (Wildman–Crippen LogP) is 20.8. The second-order valence-corrected chi connectivity index (χ2v) is 20.4. The van der Waals surface area contributed by atoms with Gasteiger partial charge in [0, 0.05) is 79.6 Å². The maximum Gasteiger partial charge on any atom is 0.143 e. The first-order valence-electron chi connectivity index (χ1n) is 35.0. The second kappa shape index (κ2) is 20.8. The first-order chi connectivity index (χ1) is 48.4. The van der Waals surface area contributed by atoms with Crippen LogP contribution in [0.4, 0.5) is 22.7 Å². The molecule has 7 heteroatoms. The molecular formula is C78H53N5O2. The Hall–Kier alpha value is -11.4. The van der Waals surface area contributed by atoms with E-state index in [-0.39, 0.29) is 58.0 Å². The summed E-state index contributed by atoms with van der Waals surface area (Å²) in [5, 5.41) is 3.99. The van der Waals surface area contributed by atoms with Gasteiger partial charge in [0.2, 0.25) is 0 Å². The molecule has 0 N–H and O–H groups in total. The summed E-state index contributed by atoms with van der Waals surface area (Å²) in [6.07, 6.45) is 1.64. The van der Waals surface area contributed by atoms with E-state index < -0.39 is 78.6 Å². The van der Waals surface area contributed by atoms with Gasteiger partial charge in [0.25, 0.3) is 0 Å². The van der Waals surface area contributed by atoms with E-state index in [1.807, 2.05) is 142 Å². The van der Waals surface area contributed by atoms with Crippen LogP contribution in [0.1, 0.15) is 20.6 Å². The highest BCUT2D eigenvalue weighted by Crippen LogP contribution is 2.51. The van der Waals surface area contributed by atoms with E-state index in [9.17, 15) is 5.48 Å². The third-order valence-electron chi connectivity index (χ3n) is 15.6. The van der Waals surface area contributed by atoms with Crippen LogP contribution in [0.25, 0.3) is 99.6 Å². The zero-order valence-electron chi connectivity index (χ0n) is 60.0. The van der Waals surface area contributed by atoms with Crippen LogP contribution in [-0.2, 0) is 0 Å². The van der Waals surface area contributed by atoms with Crippen molar-refractivity contribution >= 4 is 66.4 Å². The summed E-state index contributed by atoms with van der Waals surface area (Å²) in [5.74, 6) is 1.98. The zero-order chi connectivity index (χ0) is 69.3. The molecule has 7 nitrogen and oxygen atoms in total. The fourth-order valence-corrected chi connectivity index (χ4v) is 11.9. The van der Waals surface area contributed by atoms with Crippen LogP contribution in [0.3, 0.4) is 0 Å². The normalized spacial score (nSPS) is 14.6. The maximum atomic E-state index is 9.17. The monoisotopic (exact) mass is 1110 g/mol. The Bertz CT molecular complexity index is 5730. The Morgan fingerprint density at radius 1 is 0.341 bits per heavy atom. The molecule has 0 fully saturated rings. The molecule has 0 saturated heterocycles. The minimum atomic E-state index is -0.584. The fraction of sp³-hybridized carbons (Fsp3) is 0.0128. The average molecular weight is 1110 g/mol. The van der Waals surface area contributed by atoms with E-state index in [0.717, 1.165) is 49.3 Å². The molecule has 85 heavy (non-hydrogen) atoms. The van der Waals surface area contributed by atoms with Gasteiger partial charge in [-0.05, 0) is 95.1 Å². The topological polar surface area (TPSA) is 47.7 Å². The summed E-state index contributed by atoms with van der Waals surface area (Å²) in [5.41, 5.74) is 8.49. The van der Waals surface area contributed by atoms with Crippen molar-refractivity contribution in [2.75, 3.05) is 16.5 Å². The molecule has 1 aliphatic rings. The molecule has 402 valence electrons. The lowest BCUT2D eigenvalue weighted by Crippen LogP contribution is -2.24. The first-order valence-corrected chi connectivity index (χ1v) is 27.5. The quantitative estimate of drug-likeness (QED) is 0.122. The van der Waals surface area contributed by atoms with Gasteiger partial charge >= 0.3 is 0 Å². The molecule has 0 aliphatic carbocycles. The number of anilines is 4. The summed E-state index contributed by atoms with van der Waals surface area (Å²) in [7, 11) is 0. The number of benzene rings is 12. The number of fused-ring (bicyclic) bond motifs is 7. The van der Waals surface area contributed by atoms with Crippen molar-refractivity contribution in [1.82, 2.24) is 14.1 Å². The molecule has 16 rings (SSSR count). The first kappa shape index (κ1) is 36.1. The lowest BCUT2D eigenvalue weighted by molar-refractivity contribution is 0.483. The number of rotatable bonds is 12. The standard InChI is InChI=1S/C78H53N5O2/c1-5-22-53(23-6-1)62-34-20-35-63(54-24-7-2-8-25-54)77(62)81-52-80(73-40-17-18-41-74(73)81)57-30-19-31-59(48-57)84-60-43-44-68-69-49-58(82-70-38-15-13-32-66(70)67-33-14-16-39-71(67)82)42-45-72(69)83(75(68)50-60)76-51-61(46-47-79-76)85-78-64(55-26-9-3-10-27-55)36-21-37-65(78)56-28-11-4-12-29-56/h1-51H,52H2/i1D,2D,3D,5D,6D,7D,8D,9D,10D,22D,23D,24D,25D,26D,27D. The number of hydrogen-bond donors (Lipinski definition) is 0. The van der Waals surface area contributed by atoms with Crippen molar-refractivity contribution in [2.45, 2.75) is 0 Å². The van der Waals surface area contributed by atoms with Crippen LogP contribution in [0.15, 0.2) is 309 Å². The molecule has 0 saturated carbocycles. The Kier molecular flexibility index (Phi) is 8.86. The van der Waals surface area contributed by atoms with Gasteiger partial charge < -0.3 is 23.8 Å². The molecule has 0 unspecified atom stereocenters. The summed E-state index contributed by atoms with van der Waals surface area (Å²) < 4.78 is 150. The van der Waals surface area contributed by atoms with Crippen LogP contribution in [0.5, 0.6) is 23.0 Å². The largest absolute Gasteiger partial charge is 0.457 e. The third-order valence-corrected chi connectivity index (χ3v) is 15.6. The molecule has 15 aromatic rings. The molecule has 12 aromatic carbocycles. The highest BCUT2D eigenvalue weighted by molar-refractivity contribution is 6.12. The van der Waals surface area contributed by atoms with E-state index in [4.69, 9.17) is 29.5 Å². The number of hydrogen-bond acceptors (Lipinski definition) is 5. The maximum absolute atomic E-state index is 9.17. The SMILES string of the molecule is [2H]c1c([2H])c([2H])c(-c2cccc(-c3ccccc3)c2Oc2ccnc(-n3c4ccc(-n5c6ccccc6c6ccccc65)cc4c4ccc(Oc5cccc(N6CN(c7c(-c8c([2H])c([2H])c([2H])c([2H])c8[2H])cccc7-c7c([2H])c([2H])c([2H])c([2H])c7[2H])c7ccccc76)c5)cc43)c2)c([2H])c1[2H]. The minimum Gasteiger partial charge on any atom is -0.457 e. The summed E-state index contributed by atoms with van der Waals surface area (Å²) in [6, 6.07) is 59.4. The lowest BCUT2D eigenvalue weighted by Gasteiger charge is -2.27. The van der Waals surface area contributed by atoms with Crippen molar-refractivity contribution < 1.29 is 30.0 Å². The van der Waals surface area contributed by atoms with Crippen LogP contribution in [-0.4, -0.2) is 20.8 Å². The second-order valence-electron chi connectivity index (χ2n) is 20.4. The van der Waals surface area contributed by atoms with E-state index in [1.54, 1.807) is 48.7 Å². The van der Waals surface area contributed by atoms with Crippen LogP contribution >= 0.6 is 0 Å². The van der Waals surface area contributed by atoms with Gasteiger partial charge in [-0.3, -0.25) is 4.57 Å². The molecule has 0 radical (unpaired) electrons. The highest BCUT2D eigenvalue weighted by atomic mass is 16.5. The molecule has 4 heterocycles. The molecular weight excluding hydrogens is 1040 g/mol. The zero-order valence-corrected chi connectivity index (χ0v) is 45.0. The molecule has 0 amide bonds. The summed E-state index contributed by atoms with van der Waals surface area (Å²) >= 11 is 0. The van der Waals surface area contributed by atoms with Gasteiger partial charge in [0.1, 0.15) is 35.5 Å². The van der Waals surface area contributed by atoms with Gasteiger partial charge in [0.05, 0.1) is 59.7 Å². The van der Waals surface area contributed by atoms with E-state index in [2.05, 4.69) is 47.0 Å². The van der Waals surface area contributed by atoms with Crippen molar-refractivity contribution in [1.29, 1.82) is 0 Å². The third kappa shape index (κ3) is 8.73. The Morgan fingerprint density at radius 2 is 0.882 bits per heavy atom. The molecule has 0 spiro atoms.